The van der Waals surface area contributed by atoms with Gasteiger partial charge in [-0.15, -0.1) is 0 Å². The molecule has 0 fully saturated rings. The molecule has 4 heteroatoms. The van der Waals surface area contributed by atoms with Crippen LogP contribution in [0.2, 0.25) is 0 Å². The Kier molecular flexibility index (Phi) is 9.59. The standard InChI is InChI=1S/C9H11N3.C6H15N/c1-7-5-3-4-6-9(7)8(2)11-12-10;1-4-7(5-2)6-3/h3-6,8H,1-2H3;4-6H2,1-3H3. The Balaban J connectivity index is 0.000000399. The molecule has 0 aliphatic carbocycles. The summed E-state index contributed by atoms with van der Waals surface area (Å²) in [5.41, 5.74) is 10.5. The van der Waals surface area contributed by atoms with Gasteiger partial charge in [0.05, 0.1) is 6.04 Å². The van der Waals surface area contributed by atoms with E-state index in [1.165, 1.54) is 19.6 Å². The Morgan fingerprint density at radius 3 is 2.05 bits per heavy atom. The van der Waals surface area contributed by atoms with Gasteiger partial charge >= 0.3 is 0 Å². The molecule has 19 heavy (non-hydrogen) atoms. The van der Waals surface area contributed by atoms with Crippen LogP contribution in [0.25, 0.3) is 10.4 Å². The number of hydrogen-bond donors (Lipinski definition) is 0. The van der Waals surface area contributed by atoms with Crippen molar-refractivity contribution in [2.45, 2.75) is 40.7 Å². The number of hydrogen-bond acceptors (Lipinski definition) is 2. The van der Waals surface area contributed by atoms with E-state index >= 15 is 0 Å². The SMILES string of the molecule is CCN(CC)CC.Cc1ccccc1C(C)N=[N+]=[N-]. The first-order valence-corrected chi connectivity index (χ1v) is 6.92. The lowest BCUT2D eigenvalue weighted by Gasteiger charge is -2.13. The first kappa shape index (κ1) is 17.5. The summed E-state index contributed by atoms with van der Waals surface area (Å²) >= 11 is 0. The van der Waals surface area contributed by atoms with Gasteiger partial charge in [-0.3, -0.25) is 0 Å². The van der Waals surface area contributed by atoms with Crippen LogP contribution in [-0.2, 0) is 0 Å². The molecule has 0 aromatic heterocycles. The van der Waals surface area contributed by atoms with Gasteiger partial charge < -0.3 is 4.90 Å². The summed E-state index contributed by atoms with van der Waals surface area (Å²) in [7, 11) is 0. The van der Waals surface area contributed by atoms with Gasteiger partial charge in [0.1, 0.15) is 0 Å². The molecule has 1 aromatic carbocycles. The van der Waals surface area contributed by atoms with E-state index in [1.54, 1.807) is 0 Å². The number of aryl methyl sites for hydroxylation is 1. The normalized spacial score (nSPS) is 11.3. The Morgan fingerprint density at radius 1 is 1.16 bits per heavy atom. The Bertz CT molecular complexity index is 387. The largest absolute Gasteiger partial charge is 0.304 e. The summed E-state index contributed by atoms with van der Waals surface area (Å²) in [6.45, 7) is 14.0. The molecule has 0 spiro atoms. The van der Waals surface area contributed by atoms with Crippen molar-refractivity contribution >= 4 is 0 Å². The molecule has 0 aliphatic rings. The van der Waals surface area contributed by atoms with E-state index in [0.717, 1.165) is 11.1 Å². The number of azide groups is 1. The molecule has 0 bridgehead atoms. The Hall–Kier alpha value is -1.51. The fourth-order valence-electron chi connectivity index (χ4n) is 1.87. The van der Waals surface area contributed by atoms with Gasteiger partial charge in [0.2, 0.25) is 0 Å². The summed E-state index contributed by atoms with van der Waals surface area (Å²) in [5.74, 6) is 0. The minimum Gasteiger partial charge on any atom is -0.304 e. The van der Waals surface area contributed by atoms with Crippen LogP contribution in [0.3, 0.4) is 0 Å². The number of nitrogens with zero attached hydrogens (tertiary/aromatic N) is 4. The molecule has 0 saturated carbocycles. The Labute approximate surface area is 117 Å². The molecule has 106 valence electrons. The van der Waals surface area contributed by atoms with Crippen molar-refractivity contribution in [2.75, 3.05) is 19.6 Å². The molecule has 1 atom stereocenters. The maximum absolute atomic E-state index is 8.25. The number of rotatable bonds is 5. The fourth-order valence-corrected chi connectivity index (χ4v) is 1.87. The zero-order valence-corrected chi connectivity index (χ0v) is 12.8. The van der Waals surface area contributed by atoms with Crippen molar-refractivity contribution < 1.29 is 0 Å². The van der Waals surface area contributed by atoms with Crippen LogP contribution in [0.15, 0.2) is 29.4 Å². The van der Waals surface area contributed by atoms with E-state index in [1.807, 2.05) is 38.1 Å². The van der Waals surface area contributed by atoms with Gasteiger partial charge in [0.25, 0.3) is 0 Å². The lowest BCUT2D eigenvalue weighted by Crippen LogP contribution is -2.21. The maximum atomic E-state index is 8.25. The molecule has 1 unspecified atom stereocenters. The van der Waals surface area contributed by atoms with Crippen LogP contribution in [0.1, 0.15) is 44.9 Å². The van der Waals surface area contributed by atoms with Crippen molar-refractivity contribution in [3.63, 3.8) is 0 Å². The van der Waals surface area contributed by atoms with E-state index in [2.05, 4.69) is 35.7 Å². The summed E-state index contributed by atoms with van der Waals surface area (Å²) in [6, 6.07) is 7.84. The van der Waals surface area contributed by atoms with E-state index < -0.39 is 0 Å². The molecule has 4 nitrogen and oxygen atoms in total. The van der Waals surface area contributed by atoms with Crippen LogP contribution in [0, 0.1) is 6.92 Å². The minimum atomic E-state index is -0.0730. The second-order valence-electron chi connectivity index (χ2n) is 4.36. The van der Waals surface area contributed by atoms with Gasteiger partial charge in [0.15, 0.2) is 0 Å². The highest BCUT2D eigenvalue weighted by Crippen LogP contribution is 2.19. The molecule has 0 aliphatic heterocycles. The van der Waals surface area contributed by atoms with Crippen LogP contribution < -0.4 is 0 Å². The highest BCUT2D eigenvalue weighted by atomic mass is 15.1. The molecule has 1 aromatic rings. The topological polar surface area (TPSA) is 52.0 Å². The lowest BCUT2D eigenvalue weighted by molar-refractivity contribution is 0.321. The maximum Gasteiger partial charge on any atom is 0.0599 e. The molecular weight excluding hydrogens is 236 g/mol. The first-order valence-electron chi connectivity index (χ1n) is 6.92. The van der Waals surface area contributed by atoms with Crippen LogP contribution in [0.5, 0.6) is 0 Å². The van der Waals surface area contributed by atoms with E-state index in [9.17, 15) is 0 Å². The second kappa shape index (κ2) is 10.4. The van der Waals surface area contributed by atoms with Crippen molar-refractivity contribution in [1.82, 2.24) is 4.90 Å². The highest BCUT2D eigenvalue weighted by molar-refractivity contribution is 5.28. The smallest absolute Gasteiger partial charge is 0.0599 e. The van der Waals surface area contributed by atoms with Crippen molar-refractivity contribution in [2.24, 2.45) is 5.11 Å². The van der Waals surface area contributed by atoms with Crippen LogP contribution in [0.4, 0.5) is 0 Å². The monoisotopic (exact) mass is 262 g/mol. The summed E-state index contributed by atoms with van der Waals surface area (Å²) < 4.78 is 0. The van der Waals surface area contributed by atoms with Crippen molar-refractivity contribution in [3.8, 4) is 0 Å². The van der Waals surface area contributed by atoms with Crippen LogP contribution >= 0.6 is 0 Å². The predicted octanol–water partition coefficient (Wildman–Crippen LogP) is 4.71. The highest BCUT2D eigenvalue weighted by Gasteiger charge is 2.03. The van der Waals surface area contributed by atoms with Gasteiger partial charge in [-0.2, -0.15) is 0 Å². The third kappa shape index (κ3) is 6.85. The van der Waals surface area contributed by atoms with Gasteiger partial charge in [-0.1, -0.05) is 57.1 Å². The molecular formula is C15H26N4. The van der Waals surface area contributed by atoms with Crippen molar-refractivity contribution in [3.05, 3.63) is 45.8 Å². The molecule has 0 radical (unpaired) electrons. The second-order valence-corrected chi connectivity index (χ2v) is 4.36. The van der Waals surface area contributed by atoms with Crippen LogP contribution in [-0.4, -0.2) is 24.5 Å². The average molecular weight is 262 g/mol. The molecule has 0 amide bonds. The quantitative estimate of drug-likeness (QED) is 0.430. The fraction of sp³-hybridized carbons (Fsp3) is 0.600. The molecule has 0 N–H and O–H groups in total. The molecule has 1 rings (SSSR count). The predicted molar refractivity (Wildman–Crippen MR) is 82.2 cm³/mol. The third-order valence-electron chi connectivity index (χ3n) is 3.21. The summed E-state index contributed by atoms with van der Waals surface area (Å²) in [6.07, 6.45) is 0. The van der Waals surface area contributed by atoms with Gasteiger partial charge in [-0.05, 0) is 43.2 Å². The Morgan fingerprint density at radius 2 is 1.68 bits per heavy atom. The van der Waals surface area contributed by atoms with E-state index in [0.29, 0.717) is 0 Å². The first-order chi connectivity index (χ1) is 9.10. The third-order valence-corrected chi connectivity index (χ3v) is 3.21. The zero-order chi connectivity index (χ0) is 14.7. The number of benzene rings is 1. The van der Waals surface area contributed by atoms with E-state index in [-0.39, 0.29) is 6.04 Å². The molecule has 0 saturated heterocycles. The van der Waals surface area contributed by atoms with Crippen molar-refractivity contribution in [1.29, 1.82) is 0 Å². The zero-order valence-electron chi connectivity index (χ0n) is 12.8. The average Bonchev–Trinajstić information content (AvgIpc) is 2.42. The lowest BCUT2D eigenvalue weighted by atomic mass is 10.0. The van der Waals surface area contributed by atoms with Gasteiger partial charge in [-0.25, -0.2) is 0 Å². The molecule has 0 heterocycles. The minimum absolute atomic E-state index is 0.0730. The van der Waals surface area contributed by atoms with E-state index in [4.69, 9.17) is 5.53 Å². The van der Waals surface area contributed by atoms with Gasteiger partial charge in [0, 0.05) is 4.91 Å². The summed E-state index contributed by atoms with van der Waals surface area (Å²) in [4.78, 5) is 5.15. The summed E-state index contributed by atoms with van der Waals surface area (Å²) in [5, 5.41) is 3.64.